The molecule has 0 unspecified atom stereocenters. The third kappa shape index (κ3) is 2.30. The van der Waals surface area contributed by atoms with Crippen LogP contribution < -0.4 is 0 Å². The van der Waals surface area contributed by atoms with E-state index < -0.39 is 0 Å². The number of fused-ring (bicyclic) bond motifs is 4. The van der Waals surface area contributed by atoms with Crippen molar-refractivity contribution in [2.45, 2.75) is 44.6 Å². The van der Waals surface area contributed by atoms with Crippen LogP contribution in [0.25, 0.3) is 0 Å². The Balaban J connectivity index is 1.13. The maximum atomic E-state index is 2.86. The molecule has 1 heterocycles. The van der Waals surface area contributed by atoms with E-state index in [2.05, 4.69) is 22.0 Å². The highest BCUT2D eigenvalue weighted by Gasteiger charge is 2.43. The lowest BCUT2D eigenvalue weighted by Gasteiger charge is -2.42. The highest BCUT2D eigenvalue weighted by molar-refractivity contribution is 5.10. The summed E-state index contributed by atoms with van der Waals surface area (Å²) in [6.07, 6.45) is 14.1. The number of nitrogens with zero attached hydrogens (tertiary/aromatic N) is 2. The van der Waals surface area contributed by atoms with E-state index in [-0.39, 0.29) is 0 Å². The fraction of sp³-hybridized carbons (Fsp3) is 0.895. The molecule has 2 heteroatoms. The molecule has 0 aromatic rings. The SMILES string of the molecule is C1=C[C@H]2C[C@H]1C[C@H]2CN1CCN([C@H]2C[C@@H]3CC[C@H]2C3)CC1. The lowest BCUT2D eigenvalue weighted by atomic mass is 9.92. The average molecular weight is 286 g/mol. The first-order valence-electron chi connectivity index (χ1n) is 9.50. The van der Waals surface area contributed by atoms with E-state index in [1.54, 1.807) is 12.8 Å². The number of rotatable bonds is 3. The number of hydrogen-bond acceptors (Lipinski definition) is 2. The van der Waals surface area contributed by atoms with Crippen molar-refractivity contribution in [3.63, 3.8) is 0 Å². The van der Waals surface area contributed by atoms with Crippen LogP contribution in [-0.4, -0.2) is 48.6 Å². The molecule has 0 spiro atoms. The first-order valence-corrected chi connectivity index (χ1v) is 9.50. The second-order valence-electron chi connectivity index (χ2n) is 8.62. The predicted molar refractivity (Wildman–Crippen MR) is 86.1 cm³/mol. The lowest BCUT2D eigenvalue weighted by molar-refractivity contribution is 0.0618. The summed E-state index contributed by atoms with van der Waals surface area (Å²) in [7, 11) is 0. The van der Waals surface area contributed by atoms with E-state index in [9.17, 15) is 0 Å². The topological polar surface area (TPSA) is 6.48 Å². The van der Waals surface area contributed by atoms with Gasteiger partial charge in [0.25, 0.3) is 0 Å². The standard InChI is InChI=1S/C19H30N2/c1-3-16-9-14(1)11-18(16)13-20-5-7-21(8-6-20)19-12-15-2-4-17(19)10-15/h1,3,14-19H,2,4-13H2/t14-,15+,16-,17-,18-,19-/m0/s1. The fourth-order valence-electron chi connectivity index (χ4n) is 6.37. The molecule has 0 aromatic heterocycles. The Morgan fingerprint density at radius 2 is 1.76 bits per heavy atom. The van der Waals surface area contributed by atoms with Crippen molar-refractivity contribution < 1.29 is 0 Å². The van der Waals surface area contributed by atoms with Gasteiger partial charge in [-0.2, -0.15) is 0 Å². The van der Waals surface area contributed by atoms with Crippen LogP contribution in [0.2, 0.25) is 0 Å². The number of allylic oxidation sites excluding steroid dienone is 2. The molecule has 3 saturated carbocycles. The smallest absolute Gasteiger partial charge is 0.0127 e. The molecular weight excluding hydrogens is 256 g/mol. The van der Waals surface area contributed by atoms with Crippen LogP contribution in [0.3, 0.4) is 0 Å². The zero-order valence-corrected chi connectivity index (χ0v) is 13.3. The highest BCUT2D eigenvalue weighted by atomic mass is 15.3. The van der Waals surface area contributed by atoms with Crippen LogP contribution >= 0.6 is 0 Å². The Morgan fingerprint density at radius 3 is 2.38 bits per heavy atom. The normalized spacial score (nSPS) is 49.5. The van der Waals surface area contributed by atoms with E-state index in [1.807, 2.05) is 0 Å². The minimum atomic E-state index is 0.929. The second-order valence-corrected chi connectivity index (χ2v) is 8.62. The van der Waals surface area contributed by atoms with Crippen molar-refractivity contribution in [3.8, 4) is 0 Å². The summed E-state index contributed by atoms with van der Waals surface area (Å²) in [6.45, 7) is 6.77. The first kappa shape index (κ1) is 13.1. The molecule has 2 nitrogen and oxygen atoms in total. The molecule has 5 aliphatic rings. The monoisotopic (exact) mass is 286 g/mol. The minimum Gasteiger partial charge on any atom is -0.300 e. The van der Waals surface area contributed by atoms with Crippen molar-refractivity contribution in [2.75, 3.05) is 32.7 Å². The van der Waals surface area contributed by atoms with Gasteiger partial charge in [0, 0.05) is 38.8 Å². The summed E-state index contributed by atoms with van der Waals surface area (Å²) >= 11 is 0. The molecular formula is C19H30N2. The summed E-state index contributed by atoms with van der Waals surface area (Å²) in [5.41, 5.74) is 0. The minimum absolute atomic E-state index is 0.929. The van der Waals surface area contributed by atoms with Crippen molar-refractivity contribution in [1.29, 1.82) is 0 Å². The maximum absolute atomic E-state index is 2.86. The molecule has 5 rings (SSSR count). The van der Waals surface area contributed by atoms with Gasteiger partial charge in [0.2, 0.25) is 0 Å². The van der Waals surface area contributed by atoms with Crippen LogP contribution in [0.1, 0.15) is 38.5 Å². The van der Waals surface area contributed by atoms with E-state index in [0.717, 1.165) is 35.6 Å². The van der Waals surface area contributed by atoms with Crippen molar-refractivity contribution in [3.05, 3.63) is 12.2 Å². The third-order valence-electron chi connectivity index (χ3n) is 7.49. The molecule has 4 aliphatic carbocycles. The van der Waals surface area contributed by atoms with Gasteiger partial charge in [-0.25, -0.2) is 0 Å². The van der Waals surface area contributed by atoms with E-state index >= 15 is 0 Å². The summed E-state index contributed by atoms with van der Waals surface area (Å²) in [5.74, 6) is 5.01. The van der Waals surface area contributed by atoms with Crippen molar-refractivity contribution in [2.24, 2.45) is 29.6 Å². The zero-order chi connectivity index (χ0) is 13.8. The maximum Gasteiger partial charge on any atom is 0.0127 e. The van der Waals surface area contributed by atoms with Gasteiger partial charge in [-0.1, -0.05) is 18.6 Å². The molecule has 116 valence electrons. The number of piperazine rings is 1. The van der Waals surface area contributed by atoms with Crippen LogP contribution in [0.4, 0.5) is 0 Å². The van der Waals surface area contributed by atoms with Crippen LogP contribution in [0.5, 0.6) is 0 Å². The molecule has 21 heavy (non-hydrogen) atoms. The van der Waals surface area contributed by atoms with Gasteiger partial charge in [0.1, 0.15) is 0 Å². The summed E-state index contributed by atoms with van der Waals surface area (Å²) < 4.78 is 0. The van der Waals surface area contributed by atoms with Gasteiger partial charge in [-0.05, 0) is 61.7 Å². The van der Waals surface area contributed by atoms with Gasteiger partial charge in [0.05, 0.1) is 0 Å². The summed E-state index contributed by atoms with van der Waals surface area (Å²) in [5, 5.41) is 0. The van der Waals surface area contributed by atoms with Gasteiger partial charge in [0.15, 0.2) is 0 Å². The molecule has 1 saturated heterocycles. The summed E-state index contributed by atoms with van der Waals surface area (Å²) in [4.78, 5) is 5.64. The van der Waals surface area contributed by atoms with E-state index in [1.165, 1.54) is 58.4 Å². The molecule has 0 N–H and O–H groups in total. The highest BCUT2D eigenvalue weighted by Crippen LogP contribution is 2.47. The predicted octanol–water partition coefficient (Wildman–Crippen LogP) is 3.00. The number of hydrogen-bond donors (Lipinski definition) is 0. The molecule has 6 atom stereocenters. The average Bonchev–Trinajstić information content (AvgIpc) is 3.28. The zero-order valence-electron chi connectivity index (χ0n) is 13.3. The Hall–Kier alpha value is -0.340. The molecule has 4 fully saturated rings. The Labute approximate surface area is 129 Å². The molecule has 0 aromatic carbocycles. The lowest BCUT2D eigenvalue weighted by Crippen LogP contribution is -2.52. The van der Waals surface area contributed by atoms with E-state index in [0.29, 0.717) is 0 Å². The van der Waals surface area contributed by atoms with E-state index in [4.69, 9.17) is 0 Å². The molecule has 0 radical (unpaired) electrons. The first-order chi connectivity index (χ1) is 10.3. The Bertz CT molecular complexity index is 423. The quantitative estimate of drug-likeness (QED) is 0.736. The van der Waals surface area contributed by atoms with Crippen LogP contribution in [-0.2, 0) is 0 Å². The van der Waals surface area contributed by atoms with Gasteiger partial charge in [-0.15, -0.1) is 0 Å². The molecule has 0 amide bonds. The Kier molecular flexibility index (Phi) is 3.19. The van der Waals surface area contributed by atoms with Crippen LogP contribution in [0.15, 0.2) is 12.2 Å². The summed E-state index contributed by atoms with van der Waals surface area (Å²) in [6, 6.07) is 0.969. The molecule has 1 aliphatic heterocycles. The van der Waals surface area contributed by atoms with Crippen molar-refractivity contribution in [1.82, 2.24) is 9.80 Å². The third-order valence-corrected chi connectivity index (χ3v) is 7.49. The largest absolute Gasteiger partial charge is 0.300 e. The van der Waals surface area contributed by atoms with Crippen LogP contribution in [0, 0.1) is 29.6 Å². The Morgan fingerprint density at radius 1 is 0.857 bits per heavy atom. The van der Waals surface area contributed by atoms with Gasteiger partial charge < -0.3 is 4.90 Å². The molecule has 4 bridgehead atoms. The second kappa shape index (κ2) is 5.09. The van der Waals surface area contributed by atoms with Crippen molar-refractivity contribution >= 4 is 0 Å². The van der Waals surface area contributed by atoms with Gasteiger partial charge in [-0.3, -0.25) is 4.90 Å². The fourth-order valence-corrected chi connectivity index (χ4v) is 6.37. The van der Waals surface area contributed by atoms with Gasteiger partial charge >= 0.3 is 0 Å².